The smallest absolute Gasteiger partial charge is 0.191 e. The lowest BCUT2D eigenvalue weighted by Crippen LogP contribution is -2.44. The summed E-state index contributed by atoms with van der Waals surface area (Å²) in [6.07, 6.45) is 5.07. The lowest BCUT2D eigenvalue weighted by molar-refractivity contribution is 0.0372. The van der Waals surface area contributed by atoms with Crippen molar-refractivity contribution in [1.29, 1.82) is 0 Å². The van der Waals surface area contributed by atoms with Crippen LogP contribution in [0.3, 0.4) is 0 Å². The Morgan fingerprint density at radius 2 is 2.09 bits per heavy atom. The molecule has 2 fully saturated rings. The molecule has 6 heteroatoms. The summed E-state index contributed by atoms with van der Waals surface area (Å²) in [6, 6.07) is 0. The molecule has 2 saturated heterocycles. The van der Waals surface area contributed by atoms with E-state index < -0.39 is 0 Å². The third-order valence-corrected chi connectivity index (χ3v) is 5.99. The lowest BCUT2D eigenvalue weighted by Gasteiger charge is -2.26. The largest absolute Gasteiger partial charge is 0.379 e. The van der Waals surface area contributed by atoms with Crippen molar-refractivity contribution in [3.05, 3.63) is 0 Å². The fraction of sp³-hybridized carbons (Fsp3) is 0.938. The van der Waals surface area contributed by atoms with Crippen LogP contribution >= 0.6 is 11.8 Å². The highest BCUT2D eigenvalue weighted by Gasteiger charge is 2.29. The normalized spacial score (nSPS) is 27.1. The van der Waals surface area contributed by atoms with Crippen molar-refractivity contribution in [3.8, 4) is 0 Å². The first-order valence-electron chi connectivity index (χ1n) is 8.60. The molecule has 22 heavy (non-hydrogen) atoms. The second kappa shape index (κ2) is 9.63. The van der Waals surface area contributed by atoms with Gasteiger partial charge in [-0.05, 0) is 44.9 Å². The fourth-order valence-electron chi connectivity index (χ4n) is 2.96. The van der Waals surface area contributed by atoms with Gasteiger partial charge in [0.25, 0.3) is 0 Å². The van der Waals surface area contributed by atoms with Crippen LogP contribution in [-0.4, -0.2) is 74.3 Å². The molecule has 0 amide bonds. The average Bonchev–Trinajstić information content (AvgIpc) is 2.98. The molecule has 2 heterocycles. The van der Waals surface area contributed by atoms with Crippen molar-refractivity contribution in [2.75, 3.05) is 58.7 Å². The summed E-state index contributed by atoms with van der Waals surface area (Å²) in [7, 11) is 1.85. The van der Waals surface area contributed by atoms with Crippen molar-refractivity contribution >= 4 is 17.7 Å². The van der Waals surface area contributed by atoms with Crippen LogP contribution in [0.15, 0.2) is 4.99 Å². The quantitative estimate of drug-likeness (QED) is 0.422. The van der Waals surface area contributed by atoms with Gasteiger partial charge in [0.1, 0.15) is 0 Å². The number of unbranched alkanes of at least 4 members (excludes halogenated alkanes) is 1. The van der Waals surface area contributed by atoms with E-state index in [9.17, 15) is 0 Å². The minimum absolute atomic E-state index is 0.383. The van der Waals surface area contributed by atoms with Gasteiger partial charge in [0, 0.05) is 38.0 Å². The predicted octanol–water partition coefficient (Wildman–Crippen LogP) is 1.55. The molecule has 2 aliphatic rings. The Kier molecular flexibility index (Phi) is 7.83. The number of hydrogen-bond donors (Lipinski definition) is 2. The van der Waals surface area contributed by atoms with Crippen LogP contribution in [0.2, 0.25) is 0 Å². The zero-order chi connectivity index (χ0) is 15.7. The van der Waals surface area contributed by atoms with Crippen LogP contribution in [0, 0.1) is 0 Å². The summed E-state index contributed by atoms with van der Waals surface area (Å²) >= 11 is 2.08. The molecule has 1 atom stereocenters. The molecule has 0 spiro atoms. The van der Waals surface area contributed by atoms with Crippen LogP contribution in [0.4, 0.5) is 0 Å². The van der Waals surface area contributed by atoms with Crippen molar-refractivity contribution in [2.24, 2.45) is 4.99 Å². The average molecular weight is 329 g/mol. The molecular formula is C16H32N4OS. The number of nitrogens with zero attached hydrogens (tertiary/aromatic N) is 2. The molecule has 2 N–H and O–H groups in total. The van der Waals surface area contributed by atoms with Crippen molar-refractivity contribution < 1.29 is 4.74 Å². The number of aliphatic imine (C=N–C) groups is 1. The van der Waals surface area contributed by atoms with Gasteiger partial charge in [-0.25, -0.2) is 0 Å². The number of rotatable bonds is 7. The minimum atomic E-state index is 0.383. The van der Waals surface area contributed by atoms with E-state index in [1.165, 1.54) is 38.0 Å². The first kappa shape index (κ1) is 17.9. The molecule has 0 aliphatic carbocycles. The molecule has 128 valence electrons. The van der Waals surface area contributed by atoms with Crippen molar-refractivity contribution in [1.82, 2.24) is 15.5 Å². The third kappa shape index (κ3) is 6.34. The zero-order valence-electron chi connectivity index (χ0n) is 14.2. The van der Waals surface area contributed by atoms with E-state index in [-0.39, 0.29) is 0 Å². The minimum Gasteiger partial charge on any atom is -0.379 e. The maximum Gasteiger partial charge on any atom is 0.191 e. The van der Waals surface area contributed by atoms with Gasteiger partial charge in [-0.3, -0.25) is 9.89 Å². The zero-order valence-corrected chi connectivity index (χ0v) is 15.0. The molecule has 0 aromatic rings. The number of ether oxygens (including phenoxy) is 1. The van der Waals surface area contributed by atoms with Gasteiger partial charge in [0.15, 0.2) is 5.96 Å². The van der Waals surface area contributed by atoms with Crippen LogP contribution in [-0.2, 0) is 4.74 Å². The monoisotopic (exact) mass is 328 g/mol. The van der Waals surface area contributed by atoms with Gasteiger partial charge in [0.05, 0.1) is 13.2 Å². The van der Waals surface area contributed by atoms with Crippen LogP contribution in [0.5, 0.6) is 0 Å². The molecule has 0 radical (unpaired) electrons. The molecule has 2 rings (SSSR count). The number of hydrogen-bond acceptors (Lipinski definition) is 4. The van der Waals surface area contributed by atoms with E-state index in [1.807, 2.05) is 7.05 Å². The Hall–Kier alpha value is -0.460. The first-order valence-corrected chi connectivity index (χ1v) is 9.59. The van der Waals surface area contributed by atoms with E-state index >= 15 is 0 Å². The first-order chi connectivity index (χ1) is 10.7. The summed E-state index contributed by atoms with van der Waals surface area (Å²) in [4.78, 5) is 6.82. The van der Waals surface area contributed by atoms with E-state index in [0.29, 0.717) is 4.75 Å². The van der Waals surface area contributed by atoms with Crippen LogP contribution in [0.1, 0.15) is 32.6 Å². The van der Waals surface area contributed by atoms with Crippen molar-refractivity contribution in [3.63, 3.8) is 0 Å². The summed E-state index contributed by atoms with van der Waals surface area (Å²) in [5.41, 5.74) is 0. The van der Waals surface area contributed by atoms with Gasteiger partial charge in [-0.2, -0.15) is 11.8 Å². The summed E-state index contributed by atoms with van der Waals surface area (Å²) < 4.78 is 5.75. The second-order valence-electron chi connectivity index (χ2n) is 6.42. The van der Waals surface area contributed by atoms with Gasteiger partial charge in [0.2, 0.25) is 0 Å². The Labute approximate surface area is 139 Å². The Bertz CT molecular complexity index is 339. The lowest BCUT2D eigenvalue weighted by atomic mass is 10.1. The second-order valence-corrected chi connectivity index (χ2v) is 8.10. The van der Waals surface area contributed by atoms with E-state index in [1.54, 1.807) is 0 Å². The molecule has 5 nitrogen and oxygen atoms in total. The predicted molar refractivity (Wildman–Crippen MR) is 96.0 cm³/mol. The molecule has 0 aromatic heterocycles. The van der Waals surface area contributed by atoms with E-state index in [4.69, 9.17) is 4.74 Å². The number of morpholine rings is 1. The highest BCUT2D eigenvalue weighted by atomic mass is 32.2. The SMILES string of the molecule is CN=C(NCCCCN1CCOCC1)NCC1(C)CCCS1. The van der Waals surface area contributed by atoms with Crippen LogP contribution in [0.25, 0.3) is 0 Å². The highest BCUT2D eigenvalue weighted by Crippen LogP contribution is 2.36. The number of nitrogens with one attached hydrogen (secondary N) is 2. The summed E-state index contributed by atoms with van der Waals surface area (Å²) in [5.74, 6) is 2.24. The van der Waals surface area contributed by atoms with Gasteiger partial charge in [-0.1, -0.05) is 0 Å². The van der Waals surface area contributed by atoms with Gasteiger partial charge >= 0.3 is 0 Å². The van der Waals surface area contributed by atoms with Gasteiger partial charge < -0.3 is 15.4 Å². The Morgan fingerprint density at radius 1 is 1.27 bits per heavy atom. The molecule has 0 saturated carbocycles. The number of thioether (sulfide) groups is 1. The summed E-state index contributed by atoms with van der Waals surface area (Å²) in [6.45, 7) is 9.51. The third-order valence-electron chi connectivity index (χ3n) is 4.45. The maximum absolute atomic E-state index is 5.37. The van der Waals surface area contributed by atoms with E-state index in [0.717, 1.165) is 45.4 Å². The molecule has 0 aromatic carbocycles. The number of guanidine groups is 1. The molecular weight excluding hydrogens is 296 g/mol. The van der Waals surface area contributed by atoms with E-state index in [2.05, 4.69) is 39.2 Å². The highest BCUT2D eigenvalue weighted by molar-refractivity contribution is 8.00. The molecule has 2 aliphatic heterocycles. The van der Waals surface area contributed by atoms with Crippen LogP contribution < -0.4 is 10.6 Å². The standard InChI is InChI=1S/C16H32N4OS/c1-16(6-5-13-22-16)14-19-15(17-2)18-7-3-4-8-20-9-11-21-12-10-20/h3-14H2,1-2H3,(H2,17,18,19). The van der Waals surface area contributed by atoms with Crippen molar-refractivity contribution in [2.45, 2.75) is 37.4 Å². The maximum atomic E-state index is 5.37. The molecule has 1 unspecified atom stereocenters. The topological polar surface area (TPSA) is 48.9 Å². The molecule has 0 bridgehead atoms. The Balaban J connectivity index is 1.52. The van der Waals surface area contributed by atoms with Gasteiger partial charge in [-0.15, -0.1) is 0 Å². The summed E-state index contributed by atoms with van der Waals surface area (Å²) in [5, 5.41) is 6.92. The Morgan fingerprint density at radius 3 is 2.77 bits per heavy atom. The fourth-order valence-corrected chi connectivity index (χ4v) is 4.20.